The van der Waals surface area contributed by atoms with Crippen molar-refractivity contribution in [2.45, 2.75) is 51.5 Å². The number of rotatable bonds is 8. The first kappa shape index (κ1) is 16.9. The fraction of sp³-hybridized carbons (Fsp3) is 0.643. The van der Waals surface area contributed by atoms with Gasteiger partial charge in [0.25, 0.3) is 0 Å². The minimum Gasteiger partial charge on any atom is -0.384 e. The Kier molecular flexibility index (Phi) is 6.42. The lowest BCUT2D eigenvalue weighted by Gasteiger charge is -2.20. The second-order valence-electron chi connectivity index (χ2n) is 5.09. The molecule has 0 fully saturated rings. The van der Waals surface area contributed by atoms with Crippen molar-refractivity contribution in [3.8, 4) is 0 Å². The van der Waals surface area contributed by atoms with Crippen LogP contribution in [0, 0.1) is 5.92 Å². The van der Waals surface area contributed by atoms with Gasteiger partial charge in [-0.1, -0.05) is 27.2 Å². The number of hydrogen-bond donors (Lipinski definition) is 2. The van der Waals surface area contributed by atoms with Gasteiger partial charge in [-0.3, -0.25) is 4.98 Å². The number of aromatic nitrogens is 1. The summed E-state index contributed by atoms with van der Waals surface area (Å²) in [5.74, 6) is 0.286. The molecule has 1 rings (SSSR count). The van der Waals surface area contributed by atoms with Crippen molar-refractivity contribution < 1.29 is 8.42 Å². The van der Waals surface area contributed by atoms with Gasteiger partial charge in [0, 0.05) is 25.0 Å². The molecule has 0 spiro atoms. The maximum absolute atomic E-state index is 12.5. The van der Waals surface area contributed by atoms with Gasteiger partial charge in [0.1, 0.15) is 4.90 Å². The number of nitrogens with zero attached hydrogens (tertiary/aromatic N) is 1. The third kappa shape index (κ3) is 4.45. The Morgan fingerprint density at radius 1 is 1.30 bits per heavy atom. The molecule has 2 unspecified atom stereocenters. The lowest BCUT2D eigenvalue weighted by molar-refractivity contribution is 0.434. The Labute approximate surface area is 122 Å². The SMILES string of the molecule is CCCNc1ccncc1S(=O)(=O)NC(C)C(C)CC. The van der Waals surface area contributed by atoms with Crippen LogP contribution in [-0.2, 0) is 10.0 Å². The van der Waals surface area contributed by atoms with Gasteiger partial charge in [-0.15, -0.1) is 0 Å². The molecule has 1 aromatic rings. The predicted octanol–water partition coefficient (Wildman–Crippen LogP) is 2.62. The molecule has 2 atom stereocenters. The molecule has 114 valence electrons. The monoisotopic (exact) mass is 299 g/mol. The summed E-state index contributed by atoms with van der Waals surface area (Å²) in [6.07, 6.45) is 4.84. The summed E-state index contributed by atoms with van der Waals surface area (Å²) in [5, 5.41) is 3.13. The Hall–Kier alpha value is -1.14. The fourth-order valence-corrected chi connectivity index (χ4v) is 3.26. The summed E-state index contributed by atoms with van der Waals surface area (Å²) in [6.45, 7) is 8.74. The van der Waals surface area contributed by atoms with Crippen molar-refractivity contribution in [3.05, 3.63) is 18.5 Å². The van der Waals surface area contributed by atoms with Crippen LogP contribution in [0.3, 0.4) is 0 Å². The number of hydrogen-bond acceptors (Lipinski definition) is 4. The van der Waals surface area contributed by atoms with Crippen LogP contribution >= 0.6 is 0 Å². The molecule has 2 N–H and O–H groups in total. The van der Waals surface area contributed by atoms with Gasteiger partial charge in [0.2, 0.25) is 10.0 Å². The summed E-state index contributed by atoms with van der Waals surface area (Å²) in [6, 6.07) is 1.59. The van der Waals surface area contributed by atoms with Crippen LogP contribution < -0.4 is 10.0 Å². The summed E-state index contributed by atoms with van der Waals surface area (Å²) >= 11 is 0. The molecular weight excluding hydrogens is 274 g/mol. The normalized spacial score (nSPS) is 14.8. The predicted molar refractivity (Wildman–Crippen MR) is 82.3 cm³/mol. The minimum absolute atomic E-state index is 0.107. The summed E-state index contributed by atoms with van der Waals surface area (Å²) in [4.78, 5) is 4.14. The van der Waals surface area contributed by atoms with Crippen molar-refractivity contribution in [1.82, 2.24) is 9.71 Å². The zero-order valence-electron chi connectivity index (χ0n) is 12.7. The fourth-order valence-electron chi connectivity index (χ4n) is 1.78. The summed E-state index contributed by atoms with van der Waals surface area (Å²) < 4.78 is 27.6. The molecule has 0 saturated heterocycles. The lowest BCUT2D eigenvalue weighted by atomic mass is 10.0. The zero-order chi connectivity index (χ0) is 15.2. The Morgan fingerprint density at radius 2 is 2.00 bits per heavy atom. The molecule has 1 aromatic heterocycles. The molecule has 1 heterocycles. The van der Waals surface area contributed by atoms with E-state index in [1.54, 1.807) is 12.3 Å². The van der Waals surface area contributed by atoms with Crippen LogP contribution in [0.1, 0.15) is 40.5 Å². The molecule has 6 heteroatoms. The van der Waals surface area contributed by atoms with Gasteiger partial charge in [-0.2, -0.15) is 0 Å². The van der Waals surface area contributed by atoms with E-state index in [2.05, 4.69) is 15.0 Å². The van der Waals surface area contributed by atoms with Crippen molar-refractivity contribution in [1.29, 1.82) is 0 Å². The van der Waals surface area contributed by atoms with Crippen LogP contribution in [0.4, 0.5) is 5.69 Å². The molecular formula is C14H25N3O2S. The van der Waals surface area contributed by atoms with Crippen molar-refractivity contribution in [2.75, 3.05) is 11.9 Å². The quantitative estimate of drug-likeness (QED) is 0.774. The summed E-state index contributed by atoms with van der Waals surface area (Å²) in [7, 11) is -3.55. The van der Waals surface area contributed by atoms with E-state index in [9.17, 15) is 8.42 Å². The van der Waals surface area contributed by atoms with Crippen molar-refractivity contribution in [3.63, 3.8) is 0 Å². The average molecular weight is 299 g/mol. The topological polar surface area (TPSA) is 71.1 Å². The molecule has 0 aromatic carbocycles. The highest BCUT2D eigenvalue weighted by Gasteiger charge is 2.23. The molecule has 20 heavy (non-hydrogen) atoms. The van der Waals surface area contributed by atoms with Gasteiger partial charge < -0.3 is 5.32 Å². The highest BCUT2D eigenvalue weighted by atomic mass is 32.2. The molecule has 5 nitrogen and oxygen atoms in total. The third-order valence-corrected chi connectivity index (χ3v) is 5.06. The third-order valence-electron chi connectivity index (χ3n) is 3.48. The standard InChI is InChI=1S/C14H25N3O2S/c1-5-8-16-13-7-9-15-10-14(13)20(18,19)17-12(4)11(3)6-2/h7,9-12,17H,5-6,8H2,1-4H3,(H,15,16). The van der Waals surface area contributed by atoms with Crippen LogP contribution in [0.2, 0.25) is 0 Å². The van der Waals surface area contributed by atoms with Crippen LogP contribution in [0.5, 0.6) is 0 Å². The zero-order valence-corrected chi connectivity index (χ0v) is 13.5. The van der Waals surface area contributed by atoms with Gasteiger partial charge in [-0.25, -0.2) is 13.1 Å². The van der Waals surface area contributed by atoms with E-state index in [1.165, 1.54) is 6.20 Å². The van der Waals surface area contributed by atoms with Crippen LogP contribution in [0.25, 0.3) is 0 Å². The van der Waals surface area contributed by atoms with Gasteiger partial charge in [0.05, 0.1) is 5.69 Å². The van der Waals surface area contributed by atoms with Gasteiger partial charge in [0.15, 0.2) is 0 Å². The van der Waals surface area contributed by atoms with E-state index in [0.29, 0.717) is 5.69 Å². The molecule has 0 amide bonds. The summed E-state index contributed by atoms with van der Waals surface area (Å²) in [5.41, 5.74) is 0.603. The maximum atomic E-state index is 12.5. The molecule has 0 radical (unpaired) electrons. The van der Waals surface area contributed by atoms with E-state index in [4.69, 9.17) is 0 Å². The van der Waals surface area contributed by atoms with E-state index in [1.807, 2.05) is 27.7 Å². The number of anilines is 1. The van der Waals surface area contributed by atoms with Crippen LogP contribution in [0.15, 0.2) is 23.4 Å². The van der Waals surface area contributed by atoms with Crippen molar-refractivity contribution >= 4 is 15.7 Å². The minimum atomic E-state index is -3.55. The smallest absolute Gasteiger partial charge is 0.244 e. The average Bonchev–Trinajstić information content (AvgIpc) is 2.43. The van der Waals surface area contributed by atoms with Gasteiger partial charge in [-0.05, 0) is 25.3 Å². The second kappa shape index (κ2) is 7.59. The van der Waals surface area contributed by atoms with E-state index in [-0.39, 0.29) is 16.9 Å². The Morgan fingerprint density at radius 3 is 2.60 bits per heavy atom. The van der Waals surface area contributed by atoms with Crippen molar-refractivity contribution in [2.24, 2.45) is 5.92 Å². The molecule has 0 aliphatic heterocycles. The lowest BCUT2D eigenvalue weighted by Crippen LogP contribution is -2.37. The number of nitrogens with one attached hydrogen (secondary N) is 2. The number of sulfonamides is 1. The number of pyridine rings is 1. The van der Waals surface area contributed by atoms with Gasteiger partial charge >= 0.3 is 0 Å². The molecule has 0 saturated carbocycles. The first-order chi connectivity index (χ1) is 9.42. The molecule has 0 bridgehead atoms. The molecule has 0 aliphatic rings. The first-order valence-electron chi connectivity index (χ1n) is 7.12. The largest absolute Gasteiger partial charge is 0.384 e. The molecule has 0 aliphatic carbocycles. The highest BCUT2D eigenvalue weighted by Crippen LogP contribution is 2.20. The van der Waals surface area contributed by atoms with Crippen LogP contribution in [-0.4, -0.2) is 26.0 Å². The maximum Gasteiger partial charge on any atom is 0.244 e. The second-order valence-corrected chi connectivity index (χ2v) is 6.78. The van der Waals surface area contributed by atoms with E-state index < -0.39 is 10.0 Å². The van der Waals surface area contributed by atoms with E-state index in [0.717, 1.165) is 19.4 Å². The Bertz CT molecular complexity index is 517. The highest BCUT2D eigenvalue weighted by molar-refractivity contribution is 7.89. The Balaban J connectivity index is 2.97. The first-order valence-corrected chi connectivity index (χ1v) is 8.60. The van der Waals surface area contributed by atoms with E-state index >= 15 is 0 Å².